The highest BCUT2D eigenvalue weighted by Gasteiger charge is 1.97. The Morgan fingerprint density at radius 1 is 1.70 bits per heavy atom. The fourth-order valence-electron chi connectivity index (χ4n) is 0.605. The van der Waals surface area contributed by atoms with Crippen molar-refractivity contribution in [2.45, 2.75) is 0 Å². The smallest absolute Gasteiger partial charge is 0.131 e. The molecule has 0 fully saturated rings. The molecule has 0 amide bonds. The first-order valence-electron chi connectivity index (χ1n) is 2.73. The maximum atomic E-state index is 5.62. The third-order valence-electron chi connectivity index (χ3n) is 1.09. The van der Waals surface area contributed by atoms with Gasteiger partial charge in [-0.3, -0.25) is 0 Å². The molecule has 1 heterocycles. The van der Waals surface area contributed by atoms with Gasteiger partial charge in [-0.15, -0.1) is 0 Å². The number of nitrogens with one attached hydrogen (secondary N) is 1. The second-order valence-corrected chi connectivity index (χ2v) is 2.98. The molecule has 0 unspecified atom stereocenters. The Balaban J connectivity index is 3.09. The van der Waals surface area contributed by atoms with Gasteiger partial charge >= 0.3 is 0 Å². The Bertz CT molecular complexity index is 239. The Labute approximate surface area is 72.7 Å². The average Bonchev–Trinajstić information content (AvgIpc) is 1.94. The lowest BCUT2D eigenvalue weighted by Crippen LogP contribution is -1.89. The van der Waals surface area contributed by atoms with Crippen LogP contribution in [0.15, 0.2) is 16.7 Å². The van der Waals surface area contributed by atoms with Crippen LogP contribution in [-0.2, 0) is 0 Å². The summed E-state index contributed by atoms with van der Waals surface area (Å²) in [6.07, 6.45) is 1.66. The van der Waals surface area contributed by atoms with Crippen molar-refractivity contribution in [2.24, 2.45) is 0 Å². The van der Waals surface area contributed by atoms with E-state index in [1.54, 1.807) is 12.3 Å². The summed E-state index contributed by atoms with van der Waals surface area (Å²) in [5, 5.41) is 3.46. The second-order valence-electron chi connectivity index (χ2n) is 1.74. The van der Waals surface area contributed by atoms with E-state index >= 15 is 0 Å². The van der Waals surface area contributed by atoms with Gasteiger partial charge in [0.1, 0.15) is 5.15 Å². The number of halogens is 2. The lowest BCUT2D eigenvalue weighted by molar-refractivity contribution is 1.30. The molecular weight excluding hydrogens is 215 g/mol. The highest BCUT2D eigenvalue weighted by atomic mass is 79.9. The van der Waals surface area contributed by atoms with Gasteiger partial charge in [-0.2, -0.15) is 0 Å². The normalized spacial score (nSPS) is 9.50. The first kappa shape index (κ1) is 7.82. The molecule has 10 heavy (non-hydrogen) atoms. The fraction of sp³-hybridized carbons (Fsp3) is 0.167. The molecule has 0 saturated heterocycles. The minimum atomic E-state index is 0.493. The fourth-order valence-corrected chi connectivity index (χ4v) is 1.18. The molecule has 1 N–H and O–H groups in total. The molecule has 0 saturated carbocycles. The van der Waals surface area contributed by atoms with Crippen molar-refractivity contribution in [3.8, 4) is 0 Å². The SMILES string of the molecule is CNc1cc(Cl)ncc1Br. The number of anilines is 1. The Morgan fingerprint density at radius 3 is 2.90 bits per heavy atom. The molecular formula is C6H6BrClN2. The van der Waals surface area contributed by atoms with E-state index in [0.717, 1.165) is 10.2 Å². The zero-order chi connectivity index (χ0) is 7.56. The van der Waals surface area contributed by atoms with E-state index in [0.29, 0.717) is 5.15 Å². The molecule has 0 aliphatic rings. The molecule has 0 radical (unpaired) electrons. The van der Waals surface area contributed by atoms with Crippen molar-refractivity contribution >= 4 is 33.2 Å². The van der Waals surface area contributed by atoms with E-state index in [-0.39, 0.29) is 0 Å². The minimum Gasteiger partial charge on any atom is -0.387 e. The molecule has 2 nitrogen and oxygen atoms in total. The van der Waals surface area contributed by atoms with Crippen LogP contribution in [0.1, 0.15) is 0 Å². The van der Waals surface area contributed by atoms with Gasteiger partial charge in [0.05, 0.1) is 10.2 Å². The van der Waals surface area contributed by atoms with Crippen LogP contribution in [-0.4, -0.2) is 12.0 Å². The van der Waals surface area contributed by atoms with Crippen LogP contribution in [0.3, 0.4) is 0 Å². The Hall–Kier alpha value is -0.280. The van der Waals surface area contributed by atoms with Crippen LogP contribution < -0.4 is 5.32 Å². The van der Waals surface area contributed by atoms with Crippen LogP contribution in [0.4, 0.5) is 5.69 Å². The Morgan fingerprint density at radius 2 is 2.40 bits per heavy atom. The van der Waals surface area contributed by atoms with Crippen LogP contribution in [0, 0.1) is 0 Å². The minimum absolute atomic E-state index is 0.493. The van der Waals surface area contributed by atoms with Crippen molar-refractivity contribution < 1.29 is 0 Å². The maximum Gasteiger partial charge on any atom is 0.131 e. The molecule has 0 atom stereocenters. The van der Waals surface area contributed by atoms with E-state index in [9.17, 15) is 0 Å². The van der Waals surface area contributed by atoms with Crippen molar-refractivity contribution in [1.82, 2.24) is 4.98 Å². The summed E-state index contributed by atoms with van der Waals surface area (Å²) >= 11 is 8.93. The molecule has 0 aliphatic heterocycles. The van der Waals surface area contributed by atoms with Crippen molar-refractivity contribution in [3.63, 3.8) is 0 Å². The molecule has 4 heteroatoms. The number of pyridine rings is 1. The van der Waals surface area contributed by atoms with Gasteiger partial charge in [-0.1, -0.05) is 11.6 Å². The molecule has 54 valence electrons. The number of hydrogen-bond donors (Lipinski definition) is 1. The van der Waals surface area contributed by atoms with Gasteiger partial charge in [0.2, 0.25) is 0 Å². The summed E-state index contributed by atoms with van der Waals surface area (Å²) in [6.45, 7) is 0. The van der Waals surface area contributed by atoms with E-state index in [1.807, 2.05) is 7.05 Å². The summed E-state index contributed by atoms with van der Waals surface area (Å²) in [5.74, 6) is 0. The number of nitrogens with zero attached hydrogens (tertiary/aromatic N) is 1. The first-order chi connectivity index (χ1) is 4.74. The van der Waals surface area contributed by atoms with Gasteiger partial charge < -0.3 is 5.32 Å². The second kappa shape index (κ2) is 3.21. The quantitative estimate of drug-likeness (QED) is 0.737. The van der Waals surface area contributed by atoms with Gasteiger partial charge in [-0.25, -0.2) is 4.98 Å². The standard InChI is InChI=1S/C6H6BrClN2/c1-9-5-2-6(8)10-3-4(5)7/h2-3H,1H3,(H,9,10). The van der Waals surface area contributed by atoms with Crippen LogP contribution >= 0.6 is 27.5 Å². The lowest BCUT2D eigenvalue weighted by atomic mass is 10.4. The van der Waals surface area contributed by atoms with E-state index in [2.05, 4.69) is 26.2 Å². The summed E-state index contributed by atoms with van der Waals surface area (Å²) < 4.78 is 0.916. The maximum absolute atomic E-state index is 5.62. The van der Waals surface area contributed by atoms with Crippen molar-refractivity contribution in [2.75, 3.05) is 12.4 Å². The highest BCUT2D eigenvalue weighted by molar-refractivity contribution is 9.10. The molecule has 1 rings (SSSR count). The summed E-state index contributed by atoms with van der Waals surface area (Å²) in [6, 6.07) is 1.76. The number of hydrogen-bond acceptors (Lipinski definition) is 2. The van der Waals surface area contributed by atoms with Crippen molar-refractivity contribution in [3.05, 3.63) is 21.9 Å². The highest BCUT2D eigenvalue weighted by Crippen LogP contribution is 2.22. The molecule has 0 aromatic carbocycles. The zero-order valence-corrected chi connectivity index (χ0v) is 7.70. The molecule has 1 aromatic heterocycles. The van der Waals surface area contributed by atoms with Crippen LogP contribution in [0.5, 0.6) is 0 Å². The predicted molar refractivity (Wildman–Crippen MR) is 46.5 cm³/mol. The van der Waals surface area contributed by atoms with Gasteiger partial charge in [-0.05, 0) is 22.0 Å². The van der Waals surface area contributed by atoms with Crippen molar-refractivity contribution in [1.29, 1.82) is 0 Å². The summed E-state index contributed by atoms with van der Waals surface area (Å²) in [7, 11) is 1.83. The topological polar surface area (TPSA) is 24.9 Å². The number of rotatable bonds is 1. The average molecular weight is 221 g/mol. The third kappa shape index (κ3) is 1.61. The Kier molecular flexibility index (Phi) is 2.51. The van der Waals surface area contributed by atoms with E-state index in [4.69, 9.17) is 11.6 Å². The van der Waals surface area contributed by atoms with Gasteiger partial charge in [0.15, 0.2) is 0 Å². The molecule has 0 spiro atoms. The predicted octanol–water partition coefficient (Wildman–Crippen LogP) is 2.54. The molecule has 1 aromatic rings. The first-order valence-corrected chi connectivity index (χ1v) is 3.90. The van der Waals surface area contributed by atoms with Crippen LogP contribution in [0.2, 0.25) is 5.15 Å². The molecule has 0 aliphatic carbocycles. The van der Waals surface area contributed by atoms with Gasteiger partial charge in [0.25, 0.3) is 0 Å². The number of aromatic nitrogens is 1. The molecule has 0 bridgehead atoms. The largest absolute Gasteiger partial charge is 0.387 e. The summed E-state index contributed by atoms with van der Waals surface area (Å²) in [5.41, 5.74) is 0.944. The lowest BCUT2D eigenvalue weighted by Gasteiger charge is -2.01. The van der Waals surface area contributed by atoms with Gasteiger partial charge in [0, 0.05) is 13.2 Å². The van der Waals surface area contributed by atoms with E-state index < -0.39 is 0 Å². The van der Waals surface area contributed by atoms with Crippen LogP contribution in [0.25, 0.3) is 0 Å². The van der Waals surface area contributed by atoms with E-state index in [1.165, 1.54) is 0 Å². The monoisotopic (exact) mass is 220 g/mol. The zero-order valence-electron chi connectivity index (χ0n) is 5.36. The summed E-state index contributed by atoms with van der Waals surface area (Å²) in [4.78, 5) is 3.87. The third-order valence-corrected chi connectivity index (χ3v) is 1.93.